The predicted octanol–water partition coefficient (Wildman–Crippen LogP) is 1.36. The summed E-state index contributed by atoms with van der Waals surface area (Å²) in [6.45, 7) is 1.60. The number of carbonyl (C=O) groups is 1. The Morgan fingerprint density at radius 1 is 1.53 bits per heavy atom. The molecule has 1 saturated heterocycles. The van der Waals surface area contributed by atoms with E-state index in [-0.39, 0.29) is 11.9 Å². The number of carbonyl (C=O) groups excluding carboxylic acids is 1. The Morgan fingerprint density at radius 2 is 2.40 bits per heavy atom. The molecule has 0 aromatic heterocycles. The average molecular weight is 209 g/mol. The first-order valence-electron chi connectivity index (χ1n) is 4.86. The zero-order valence-electron chi connectivity index (χ0n) is 8.23. The van der Waals surface area contributed by atoms with Crippen LogP contribution in [0.15, 0.2) is 24.3 Å². The lowest BCUT2D eigenvalue weighted by Gasteiger charge is -2.30. The molecule has 0 aliphatic carbocycles. The zero-order valence-corrected chi connectivity index (χ0v) is 8.23. The van der Waals surface area contributed by atoms with Crippen LogP contribution in [0.3, 0.4) is 0 Å². The maximum Gasteiger partial charge on any atom is 0.209 e. The first-order chi connectivity index (χ1) is 7.29. The Kier molecular flexibility index (Phi) is 2.97. The summed E-state index contributed by atoms with van der Waals surface area (Å²) in [4.78, 5) is 12.2. The number of rotatable bonds is 2. The van der Waals surface area contributed by atoms with E-state index in [2.05, 4.69) is 0 Å². The van der Waals surface area contributed by atoms with Gasteiger partial charge in [-0.1, -0.05) is 12.1 Å². The van der Waals surface area contributed by atoms with Crippen LogP contribution in [0, 0.1) is 5.82 Å². The van der Waals surface area contributed by atoms with Crippen LogP contribution in [0.25, 0.3) is 0 Å². The van der Waals surface area contributed by atoms with E-state index in [4.69, 9.17) is 4.74 Å². The smallest absolute Gasteiger partial charge is 0.209 e. The third-order valence-corrected chi connectivity index (χ3v) is 2.47. The van der Waals surface area contributed by atoms with E-state index >= 15 is 0 Å². The highest BCUT2D eigenvalue weighted by Gasteiger charge is 2.20. The summed E-state index contributed by atoms with van der Waals surface area (Å²) < 4.78 is 18.4. The largest absolute Gasteiger partial charge is 0.370 e. The number of hydrogen-bond acceptors (Lipinski definition) is 2. The van der Waals surface area contributed by atoms with Crippen molar-refractivity contribution in [3.05, 3.63) is 35.6 Å². The van der Waals surface area contributed by atoms with E-state index in [0.29, 0.717) is 19.7 Å². The minimum absolute atomic E-state index is 0.209. The number of halogens is 1. The molecule has 1 aromatic rings. The molecule has 1 aliphatic rings. The normalized spacial score (nSPS) is 21.4. The Balaban J connectivity index is 2.13. The summed E-state index contributed by atoms with van der Waals surface area (Å²) in [6, 6.07) is 6.29. The molecule has 0 saturated carbocycles. The van der Waals surface area contributed by atoms with Crippen LogP contribution in [0.1, 0.15) is 11.7 Å². The second-order valence-corrected chi connectivity index (χ2v) is 3.51. The van der Waals surface area contributed by atoms with E-state index in [0.717, 1.165) is 12.0 Å². The molecule has 0 N–H and O–H groups in total. The quantitative estimate of drug-likeness (QED) is 0.688. The van der Waals surface area contributed by atoms with Crippen molar-refractivity contribution >= 4 is 6.41 Å². The van der Waals surface area contributed by atoms with Crippen LogP contribution in [0.5, 0.6) is 0 Å². The molecular formula is C11H12FNO2. The van der Waals surface area contributed by atoms with Gasteiger partial charge in [-0.25, -0.2) is 4.39 Å². The van der Waals surface area contributed by atoms with Crippen molar-refractivity contribution in [2.45, 2.75) is 6.10 Å². The van der Waals surface area contributed by atoms with E-state index in [1.54, 1.807) is 11.0 Å². The van der Waals surface area contributed by atoms with Gasteiger partial charge in [0.25, 0.3) is 0 Å². The SMILES string of the molecule is O=CN1CCOC(c2cccc(F)c2)C1. The van der Waals surface area contributed by atoms with Crippen molar-refractivity contribution in [1.29, 1.82) is 0 Å². The topological polar surface area (TPSA) is 29.5 Å². The summed E-state index contributed by atoms with van der Waals surface area (Å²) in [6.07, 6.45) is 0.592. The Labute approximate surface area is 87.5 Å². The molecule has 1 aromatic carbocycles. The second-order valence-electron chi connectivity index (χ2n) is 3.51. The number of amides is 1. The average Bonchev–Trinajstić information content (AvgIpc) is 2.29. The lowest BCUT2D eigenvalue weighted by atomic mass is 10.1. The molecule has 0 bridgehead atoms. The zero-order chi connectivity index (χ0) is 10.7. The first kappa shape index (κ1) is 10.1. The highest BCUT2D eigenvalue weighted by atomic mass is 19.1. The third kappa shape index (κ3) is 2.33. The van der Waals surface area contributed by atoms with E-state index in [9.17, 15) is 9.18 Å². The fraction of sp³-hybridized carbons (Fsp3) is 0.364. The van der Waals surface area contributed by atoms with E-state index in [1.807, 2.05) is 6.07 Å². The molecule has 1 fully saturated rings. The van der Waals surface area contributed by atoms with Crippen molar-refractivity contribution in [1.82, 2.24) is 4.90 Å². The predicted molar refractivity (Wildman–Crippen MR) is 52.7 cm³/mol. The van der Waals surface area contributed by atoms with Gasteiger partial charge in [-0.15, -0.1) is 0 Å². The monoisotopic (exact) mass is 209 g/mol. The van der Waals surface area contributed by atoms with Gasteiger partial charge in [0.1, 0.15) is 11.9 Å². The molecular weight excluding hydrogens is 197 g/mol. The number of nitrogens with zero attached hydrogens (tertiary/aromatic N) is 1. The summed E-state index contributed by atoms with van der Waals surface area (Å²) >= 11 is 0. The number of morpholine rings is 1. The maximum absolute atomic E-state index is 13.0. The van der Waals surface area contributed by atoms with Gasteiger partial charge in [-0.3, -0.25) is 4.79 Å². The van der Waals surface area contributed by atoms with Crippen molar-refractivity contribution in [2.75, 3.05) is 19.7 Å². The number of hydrogen-bond donors (Lipinski definition) is 0. The van der Waals surface area contributed by atoms with Gasteiger partial charge in [0.05, 0.1) is 13.2 Å². The minimum Gasteiger partial charge on any atom is -0.370 e. The van der Waals surface area contributed by atoms with Crippen molar-refractivity contribution in [3.8, 4) is 0 Å². The van der Waals surface area contributed by atoms with E-state index < -0.39 is 0 Å². The second kappa shape index (κ2) is 4.40. The molecule has 80 valence electrons. The summed E-state index contributed by atoms with van der Waals surface area (Å²) in [5.41, 5.74) is 0.779. The number of ether oxygens (including phenoxy) is 1. The highest BCUT2D eigenvalue weighted by Crippen LogP contribution is 2.21. The fourth-order valence-electron chi connectivity index (χ4n) is 1.67. The van der Waals surface area contributed by atoms with Gasteiger partial charge in [0.15, 0.2) is 0 Å². The molecule has 2 rings (SSSR count). The van der Waals surface area contributed by atoms with Gasteiger partial charge in [-0.05, 0) is 17.7 Å². The molecule has 1 heterocycles. The standard InChI is InChI=1S/C11H12FNO2/c12-10-3-1-2-9(6-10)11-7-13(8-14)4-5-15-11/h1-3,6,8,11H,4-5,7H2. The lowest BCUT2D eigenvalue weighted by Crippen LogP contribution is -2.37. The summed E-state index contributed by atoms with van der Waals surface area (Å²) in [5.74, 6) is -0.278. The summed E-state index contributed by atoms with van der Waals surface area (Å²) in [5, 5.41) is 0. The Bertz CT molecular complexity index is 356. The molecule has 1 amide bonds. The van der Waals surface area contributed by atoms with Crippen LogP contribution in [0.4, 0.5) is 4.39 Å². The molecule has 15 heavy (non-hydrogen) atoms. The van der Waals surface area contributed by atoms with Gasteiger partial charge in [0, 0.05) is 6.54 Å². The molecule has 0 spiro atoms. The minimum atomic E-state index is -0.278. The van der Waals surface area contributed by atoms with Crippen LogP contribution in [0.2, 0.25) is 0 Å². The van der Waals surface area contributed by atoms with Crippen LogP contribution < -0.4 is 0 Å². The van der Waals surface area contributed by atoms with Gasteiger partial charge < -0.3 is 9.64 Å². The highest BCUT2D eigenvalue weighted by molar-refractivity contribution is 5.47. The fourth-order valence-corrected chi connectivity index (χ4v) is 1.67. The van der Waals surface area contributed by atoms with Crippen LogP contribution >= 0.6 is 0 Å². The van der Waals surface area contributed by atoms with Crippen molar-refractivity contribution in [3.63, 3.8) is 0 Å². The molecule has 4 heteroatoms. The van der Waals surface area contributed by atoms with Crippen LogP contribution in [-0.4, -0.2) is 31.0 Å². The van der Waals surface area contributed by atoms with Crippen LogP contribution in [-0.2, 0) is 9.53 Å². The van der Waals surface area contributed by atoms with Crippen molar-refractivity contribution in [2.24, 2.45) is 0 Å². The van der Waals surface area contributed by atoms with Gasteiger partial charge >= 0.3 is 0 Å². The van der Waals surface area contributed by atoms with E-state index in [1.165, 1.54) is 12.1 Å². The summed E-state index contributed by atoms with van der Waals surface area (Å²) in [7, 11) is 0. The third-order valence-electron chi connectivity index (χ3n) is 2.47. The molecule has 3 nitrogen and oxygen atoms in total. The van der Waals surface area contributed by atoms with Gasteiger partial charge in [-0.2, -0.15) is 0 Å². The number of benzene rings is 1. The molecule has 1 atom stereocenters. The molecule has 1 unspecified atom stereocenters. The molecule has 0 radical (unpaired) electrons. The first-order valence-corrected chi connectivity index (χ1v) is 4.86. The van der Waals surface area contributed by atoms with Gasteiger partial charge in [0.2, 0.25) is 6.41 Å². The Morgan fingerprint density at radius 3 is 3.13 bits per heavy atom. The lowest BCUT2D eigenvalue weighted by molar-refractivity contribution is -0.125. The van der Waals surface area contributed by atoms with Crippen molar-refractivity contribution < 1.29 is 13.9 Å². The Hall–Kier alpha value is -1.42. The molecule has 1 aliphatic heterocycles. The maximum atomic E-state index is 13.0.